The van der Waals surface area contributed by atoms with Crippen molar-refractivity contribution in [2.75, 3.05) is 32.6 Å². The minimum absolute atomic E-state index is 0.0981. The van der Waals surface area contributed by atoms with E-state index in [1.54, 1.807) is 7.11 Å². The van der Waals surface area contributed by atoms with Crippen molar-refractivity contribution in [2.24, 2.45) is 0 Å². The molecule has 0 unspecified atom stereocenters. The molecule has 0 aromatic carbocycles. The van der Waals surface area contributed by atoms with Crippen molar-refractivity contribution in [2.45, 2.75) is 12.8 Å². The summed E-state index contributed by atoms with van der Waals surface area (Å²) in [5, 5.41) is 0. The van der Waals surface area contributed by atoms with Gasteiger partial charge in [-0.2, -0.15) is 0 Å². The Morgan fingerprint density at radius 3 is 2.85 bits per heavy atom. The molecule has 0 amide bonds. The maximum Gasteiger partial charge on any atom is 0.236 e. The van der Waals surface area contributed by atoms with Gasteiger partial charge < -0.3 is 4.74 Å². The molecule has 5 nitrogen and oxygen atoms in total. The Labute approximate surface area is 78.6 Å². The largest absolute Gasteiger partial charge is 0.385 e. The van der Waals surface area contributed by atoms with Crippen molar-refractivity contribution < 1.29 is 18.0 Å². The van der Waals surface area contributed by atoms with Crippen LogP contribution in [0.15, 0.2) is 0 Å². The van der Waals surface area contributed by atoms with E-state index in [4.69, 9.17) is 9.57 Å². The summed E-state index contributed by atoms with van der Waals surface area (Å²) in [7, 11) is -1.65. The predicted molar refractivity (Wildman–Crippen MR) is 47.6 cm³/mol. The highest BCUT2D eigenvalue weighted by Gasteiger charge is 2.25. The summed E-state index contributed by atoms with van der Waals surface area (Å²) in [6.45, 7) is 1.45. The van der Waals surface area contributed by atoms with Crippen LogP contribution < -0.4 is 0 Å². The highest BCUT2D eigenvalue weighted by molar-refractivity contribution is 7.88. The number of hydrogen-bond donors (Lipinski definition) is 0. The van der Waals surface area contributed by atoms with E-state index in [1.165, 1.54) is 0 Å². The molecule has 78 valence electrons. The zero-order chi connectivity index (χ0) is 9.73. The lowest BCUT2D eigenvalue weighted by molar-refractivity contribution is -0.0285. The average Bonchev–Trinajstić information content (AvgIpc) is 2.56. The lowest BCUT2D eigenvalue weighted by Crippen LogP contribution is -2.29. The molecule has 0 atom stereocenters. The minimum atomic E-state index is -3.20. The molecule has 0 bridgehead atoms. The smallest absolute Gasteiger partial charge is 0.236 e. The SMILES string of the molecule is COCCCS(=O)(=O)N1CCCO1. The molecule has 0 saturated carbocycles. The van der Waals surface area contributed by atoms with Crippen LogP contribution in [-0.2, 0) is 19.6 Å². The molecule has 1 saturated heterocycles. The van der Waals surface area contributed by atoms with Crippen LogP contribution in [0.1, 0.15) is 12.8 Å². The lowest BCUT2D eigenvalue weighted by atomic mass is 10.5. The van der Waals surface area contributed by atoms with E-state index in [0.717, 1.165) is 10.9 Å². The lowest BCUT2D eigenvalue weighted by Gasteiger charge is -2.13. The molecular weight excluding hydrogens is 194 g/mol. The summed E-state index contributed by atoms with van der Waals surface area (Å²) in [5.74, 6) is 0.0981. The quantitative estimate of drug-likeness (QED) is 0.598. The van der Waals surface area contributed by atoms with Crippen molar-refractivity contribution in [1.29, 1.82) is 0 Å². The maximum absolute atomic E-state index is 11.5. The van der Waals surface area contributed by atoms with Crippen LogP contribution in [0.5, 0.6) is 0 Å². The zero-order valence-corrected chi connectivity index (χ0v) is 8.55. The van der Waals surface area contributed by atoms with Crippen LogP contribution >= 0.6 is 0 Å². The van der Waals surface area contributed by atoms with Crippen molar-refractivity contribution in [1.82, 2.24) is 4.47 Å². The van der Waals surface area contributed by atoms with Gasteiger partial charge in [0, 0.05) is 20.3 Å². The van der Waals surface area contributed by atoms with Gasteiger partial charge in [0.25, 0.3) is 0 Å². The van der Waals surface area contributed by atoms with Gasteiger partial charge in [-0.15, -0.1) is 0 Å². The summed E-state index contributed by atoms with van der Waals surface area (Å²) in [4.78, 5) is 4.95. The van der Waals surface area contributed by atoms with E-state index < -0.39 is 10.0 Å². The summed E-state index contributed by atoms with van der Waals surface area (Å²) in [6.07, 6.45) is 1.29. The second-order valence-corrected chi connectivity index (χ2v) is 4.85. The summed E-state index contributed by atoms with van der Waals surface area (Å²) in [5.41, 5.74) is 0. The average molecular weight is 209 g/mol. The van der Waals surface area contributed by atoms with Crippen molar-refractivity contribution in [3.63, 3.8) is 0 Å². The Hall–Kier alpha value is -0.170. The molecule has 0 aromatic rings. The Kier molecular flexibility index (Phi) is 4.11. The highest BCUT2D eigenvalue weighted by atomic mass is 32.2. The van der Waals surface area contributed by atoms with Gasteiger partial charge >= 0.3 is 0 Å². The third-order valence-electron chi connectivity index (χ3n) is 1.78. The Balaban J connectivity index is 2.36. The molecule has 6 heteroatoms. The van der Waals surface area contributed by atoms with E-state index in [1.807, 2.05) is 0 Å². The molecule has 1 fully saturated rings. The predicted octanol–water partition coefficient (Wildman–Crippen LogP) is -0.0100. The fourth-order valence-corrected chi connectivity index (χ4v) is 2.46. The molecule has 1 rings (SSSR count). The standard InChI is InChI=1S/C7H15NO4S/c1-11-5-3-7-13(9,10)8-4-2-6-12-8/h2-7H2,1H3. The van der Waals surface area contributed by atoms with Gasteiger partial charge in [-0.05, 0) is 12.8 Å². The molecule has 0 N–H and O–H groups in total. The normalized spacial score (nSPS) is 19.5. The monoisotopic (exact) mass is 209 g/mol. The van der Waals surface area contributed by atoms with Crippen LogP contribution in [0, 0.1) is 0 Å². The number of ether oxygens (including phenoxy) is 1. The molecule has 1 heterocycles. The second-order valence-electron chi connectivity index (χ2n) is 2.88. The summed E-state index contributed by atoms with van der Waals surface area (Å²) < 4.78 is 28.8. The number of sulfonamides is 1. The maximum atomic E-state index is 11.5. The first kappa shape index (κ1) is 10.9. The van der Waals surface area contributed by atoms with Crippen LogP contribution in [0.25, 0.3) is 0 Å². The van der Waals surface area contributed by atoms with Crippen LogP contribution in [0.4, 0.5) is 0 Å². The molecule has 0 aromatic heterocycles. The molecule has 0 radical (unpaired) electrons. The van der Waals surface area contributed by atoms with Gasteiger partial charge in [-0.25, -0.2) is 8.42 Å². The third-order valence-corrected chi connectivity index (χ3v) is 3.49. The van der Waals surface area contributed by atoms with Crippen molar-refractivity contribution >= 4 is 10.0 Å². The Morgan fingerprint density at radius 2 is 2.31 bits per heavy atom. The van der Waals surface area contributed by atoms with E-state index in [-0.39, 0.29) is 5.75 Å². The fourth-order valence-electron chi connectivity index (χ4n) is 1.13. The van der Waals surface area contributed by atoms with Crippen LogP contribution in [0.2, 0.25) is 0 Å². The first-order valence-electron chi connectivity index (χ1n) is 4.29. The second kappa shape index (κ2) is 4.90. The topological polar surface area (TPSA) is 55.8 Å². The molecule has 1 aliphatic heterocycles. The number of methoxy groups -OCH3 is 1. The van der Waals surface area contributed by atoms with Crippen molar-refractivity contribution in [3.05, 3.63) is 0 Å². The van der Waals surface area contributed by atoms with Gasteiger partial charge in [-0.3, -0.25) is 4.84 Å². The van der Waals surface area contributed by atoms with Gasteiger partial charge in [0.05, 0.1) is 12.4 Å². The third kappa shape index (κ3) is 3.22. The highest BCUT2D eigenvalue weighted by Crippen LogP contribution is 2.11. The number of hydroxylamine groups is 1. The van der Waals surface area contributed by atoms with Gasteiger partial charge in [0.1, 0.15) is 0 Å². The molecule has 0 aliphatic carbocycles. The fraction of sp³-hybridized carbons (Fsp3) is 1.00. The summed E-state index contributed by atoms with van der Waals surface area (Å²) >= 11 is 0. The number of rotatable bonds is 5. The first-order valence-corrected chi connectivity index (χ1v) is 5.90. The van der Waals surface area contributed by atoms with E-state index in [9.17, 15) is 8.42 Å². The Morgan fingerprint density at radius 1 is 1.54 bits per heavy atom. The van der Waals surface area contributed by atoms with Crippen LogP contribution in [0.3, 0.4) is 0 Å². The van der Waals surface area contributed by atoms with E-state index in [2.05, 4.69) is 0 Å². The van der Waals surface area contributed by atoms with Gasteiger partial charge in [0.15, 0.2) is 0 Å². The van der Waals surface area contributed by atoms with E-state index >= 15 is 0 Å². The summed E-state index contributed by atoms with van der Waals surface area (Å²) in [6, 6.07) is 0. The number of nitrogens with zero attached hydrogens (tertiary/aromatic N) is 1. The van der Waals surface area contributed by atoms with Crippen molar-refractivity contribution in [3.8, 4) is 0 Å². The molecule has 13 heavy (non-hydrogen) atoms. The molecule has 1 aliphatic rings. The zero-order valence-electron chi connectivity index (χ0n) is 7.73. The van der Waals surface area contributed by atoms with E-state index in [0.29, 0.717) is 26.2 Å². The Bertz CT molecular complexity index is 233. The molecule has 0 spiro atoms. The van der Waals surface area contributed by atoms with Gasteiger partial charge in [-0.1, -0.05) is 4.47 Å². The number of hydrogen-bond acceptors (Lipinski definition) is 4. The van der Waals surface area contributed by atoms with Crippen LogP contribution in [-0.4, -0.2) is 45.5 Å². The first-order chi connectivity index (χ1) is 6.17. The minimum Gasteiger partial charge on any atom is -0.385 e. The molecular formula is C7H15NO4S. The van der Waals surface area contributed by atoms with Gasteiger partial charge in [0.2, 0.25) is 10.0 Å².